The number of carbonyl (C=O) groups excluding carboxylic acids is 1. The number of carbonyl (C=O) groups is 1. The first-order valence-electron chi connectivity index (χ1n) is 8.86. The molecule has 2 heterocycles. The molecular weight excluding hydrogens is 351 g/mol. The predicted octanol–water partition coefficient (Wildman–Crippen LogP) is 1.77. The van der Waals surface area contributed by atoms with E-state index < -0.39 is 19.2 Å². The summed E-state index contributed by atoms with van der Waals surface area (Å²) < 4.78 is 22.1. The highest BCUT2D eigenvalue weighted by Gasteiger charge is 2.39. The Balaban J connectivity index is 1.92. The van der Waals surface area contributed by atoms with Crippen LogP contribution >= 0.6 is 0 Å². The van der Waals surface area contributed by atoms with Gasteiger partial charge in [0.1, 0.15) is 11.5 Å². The topological polar surface area (TPSA) is 100 Å². The fourth-order valence-corrected chi connectivity index (χ4v) is 2.84. The molecule has 0 amide bonds. The molecule has 2 aromatic rings. The van der Waals surface area contributed by atoms with Gasteiger partial charge in [-0.3, -0.25) is 9.78 Å². The summed E-state index contributed by atoms with van der Waals surface area (Å²) in [7, 11) is -1.19. The van der Waals surface area contributed by atoms with Gasteiger partial charge in [-0.25, -0.2) is 4.98 Å². The van der Waals surface area contributed by atoms with Crippen LogP contribution in [0.3, 0.4) is 0 Å². The van der Waals surface area contributed by atoms with E-state index in [9.17, 15) is 9.82 Å². The van der Waals surface area contributed by atoms with Crippen molar-refractivity contribution < 1.29 is 28.7 Å². The second kappa shape index (κ2) is 8.83. The third-order valence-electron chi connectivity index (χ3n) is 3.91. The van der Waals surface area contributed by atoms with Gasteiger partial charge in [0.25, 0.3) is 0 Å². The molecule has 0 bridgehead atoms. The molecule has 27 heavy (non-hydrogen) atoms. The summed E-state index contributed by atoms with van der Waals surface area (Å²) in [6.07, 6.45) is 4.69. The van der Waals surface area contributed by atoms with Crippen LogP contribution in [0.4, 0.5) is 0 Å². The van der Waals surface area contributed by atoms with Gasteiger partial charge >= 0.3 is 13.1 Å². The van der Waals surface area contributed by atoms with Crippen LogP contribution in [0.25, 0.3) is 0 Å². The van der Waals surface area contributed by atoms with E-state index in [1.165, 1.54) is 12.4 Å². The van der Waals surface area contributed by atoms with Gasteiger partial charge < -0.3 is 23.9 Å². The highest BCUT2D eigenvalue weighted by molar-refractivity contribution is 6.62. The summed E-state index contributed by atoms with van der Waals surface area (Å²) >= 11 is 0. The van der Waals surface area contributed by atoms with Gasteiger partial charge in [0, 0.05) is 24.0 Å². The summed E-state index contributed by atoms with van der Waals surface area (Å²) in [5.74, 6) is 0.845. The van der Waals surface area contributed by atoms with Crippen molar-refractivity contribution in [1.82, 2.24) is 9.97 Å². The molecule has 1 N–H and O–H groups in total. The Labute approximate surface area is 157 Å². The maximum Gasteiger partial charge on any atom is 0.492 e. The lowest BCUT2D eigenvalue weighted by Crippen LogP contribution is -2.28. The van der Waals surface area contributed by atoms with Gasteiger partial charge in [-0.2, -0.15) is 0 Å². The first-order chi connectivity index (χ1) is 13.1. The second-order valence-electron chi connectivity index (χ2n) is 5.90. The Bertz CT molecular complexity index is 789. The first kappa shape index (κ1) is 19.1. The monoisotopic (exact) mass is 372 g/mol. The van der Waals surface area contributed by atoms with E-state index in [1.54, 1.807) is 25.3 Å². The maximum atomic E-state index is 11.9. The number of hydrogen-bond donors (Lipinski definition) is 1. The van der Waals surface area contributed by atoms with Crippen LogP contribution in [0.2, 0.25) is 0 Å². The lowest BCUT2D eigenvalue weighted by Gasteiger charge is -2.17. The summed E-state index contributed by atoms with van der Waals surface area (Å²) in [4.78, 5) is 19.9. The number of ether oxygens (including phenoxy) is 3. The summed E-state index contributed by atoms with van der Waals surface area (Å²) in [5, 5.41) is 10.3. The molecule has 1 atom stereocenters. The predicted molar refractivity (Wildman–Crippen MR) is 97.0 cm³/mol. The molecule has 1 aliphatic rings. The van der Waals surface area contributed by atoms with Crippen molar-refractivity contribution in [3.8, 4) is 17.4 Å². The summed E-state index contributed by atoms with van der Waals surface area (Å²) in [6, 6.07) is 3.35. The van der Waals surface area contributed by atoms with Crippen LogP contribution in [-0.4, -0.2) is 41.3 Å². The number of hydrogen-bond acceptors (Lipinski definition) is 8. The third-order valence-corrected chi connectivity index (χ3v) is 3.91. The molecule has 1 aromatic carbocycles. The van der Waals surface area contributed by atoms with Crippen LogP contribution < -0.4 is 14.9 Å². The molecule has 0 fully saturated rings. The standard InChI is InChI=1S/C18H21BN2O6/c1-3-7-25-14-9-12(26-16-11-20-5-6-21-16)8-13-18(14)15(27-19(13)23)10-17(22)24-4-2/h5-6,8-9,11,15,23H,3-4,7,10H2,1-2H3. The van der Waals surface area contributed by atoms with Gasteiger partial charge in [0.15, 0.2) is 0 Å². The molecule has 1 aromatic heterocycles. The number of esters is 1. The zero-order valence-corrected chi connectivity index (χ0v) is 15.3. The van der Waals surface area contributed by atoms with Crippen LogP contribution in [0.15, 0.2) is 30.7 Å². The fourth-order valence-electron chi connectivity index (χ4n) is 2.84. The summed E-state index contributed by atoms with van der Waals surface area (Å²) in [6.45, 7) is 4.48. The number of fused-ring (bicyclic) bond motifs is 1. The molecule has 0 saturated carbocycles. The van der Waals surface area contributed by atoms with Crippen molar-refractivity contribution in [3.05, 3.63) is 36.3 Å². The van der Waals surface area contributed by atoms with Crippen LogP contribution in [0.1, 0.15) is 38.4 Å². The average molecular weight is 372 g/mol. The van der Waals surface area contributed by atoms with Gasteiger partial charge in [-0.1, -0.05) is 6.92 Å². The Kier molecular flexibility index (Phi) is 6.26. The largest absolute Gasteiger partial charge is 0.493 e. The smallest absolute Gasteiger partial charge is 0.492 e. The summed E-state index contributed by atoms with van der Waals surface area (Å²) in [5.41, 5.74) is 1.13. The zero-order chi connectivity index (χ0) is 19.2. The van der Waals surface area contributed by atoms with Gasteiger partial charge in [0.05, 0.1) is 31.9 Å². The lowest BCUT2D eigenvalue weighted by atomic mass is 9.78. The average Bonchev–Trinajstić information content (AvgIpc) is 2.96. The normalized spacial score (nSPS) is 15.4. The van der Waals surface area contributed by atoms with Crippen molar-refractivity contribution >= 4 is 18.6 Å². The quantitative estimate of drug-likeness (QED) is 0.553. The van der Waals surface area contributed by atoms with E-state index >= 15 is 0 Å². The number of rotatable bonds is 8. The Morgan fingerprint density at radius 1 is 1.33 bits per heavy atom. The highest BCUT2D eigenvalue weighted by atomic mass is 16.6. The Morgan fingerprint density at radius 3 is 2.89 bits per heavy atom. The maximum absolute atomic E-state index is 11.9. The van der Waals surface area contributed by atoms with E-state index in [1.807, 2.05) is 6.92 Å². The second-order valence-corrected chi connectivity index (χ2v) is 5.90. The van der Waals surface area contributed by atoms with Crippen molar-refractivity contribution in [3.63, 3.8) is 0 Å². The first-order valence-corrected chi connectivity index (χ1v) is 8.86. The molecule has 1 unspecified atom stereocenters. The highest BCUT2D eigenvalue weighted by Crippen LogP contribution is 2.37. The molecular formula is C18H21BN2O6. The van der Waals surface area contributed by atoms with Crippen LogP contribution in [-0.2, 0) is 14.2 Å². The lowest BCUT2D eigenvalue weighted by molar-refractivity contribution is -0.145. The van der Waals surface area contributed by atoms with E-state index in [0.717, 1.165) is 6.42 Å². The molecule has 142 valence electrons. The van der Waals surface area contributed by atoms with E-state index in [4.69, 9.17) is 18.9 Å². The molecule has 0 radical (unpaired) electrons. The van der Waals surface area contributed by atoms with Crippen LogP contribution in [0.5, 0.6) is 17.4 Å². The van der Waals surface area contributed by atoms with Gasteiger partial charge in [-0.05, 0) is 24.9 Å². The van der Waals surface area contributed by atoms with Crippen molar-refractivity contribution in [1.29, 1.82) is 0 Å². The van der Waals surface area contributed by atoms with Crippen molar-refractivity contribution in [2.75, 3.05) is 13.2 Å². The molecule has 0 aliphatic carbocycles. The molecule has 0 spiro atoms. The zero-order valence-electron chi connectivity index (χ0n) is 15.3. The third kappa shape index (κ3) is 4.56. The van der Waals surface area contributed by atoms with Crippen LogP contribution in [0, 0.1) is 0 Å². The SMILES string of the molecule is CCCOc1cc(Oc2cnccn2)cc2c1C(CC(=O)OCC)OB2O. The molecule has 9 heteroatoms. The minimum Gasteiger partial charge on any atom is -0.493 e. The number of aromatic nitrogens is 2. The van der Waals surface area contributed by atoms with E-state index in [-0.39, 0.29) is 13.0 Å². The van der Waals surface area contributed by atoms with E-state index in [0.29, 0.717) is 35.0 Å². The minimum absolute atomic E-state index is 0.00918. The Hall–Kier alpha value is -2.65. The van der Waals surface area contributed by atoms with Gasteiger partial charge in [0.2, 0.25) is 5.88 Å². The molecule has 3 rings (SSSR count). The van der Waals surface area contributed by atoms with Crippen molar-refractivity contribution in [2.45, 2.75) is 32.8 Å². The minimum atomic E-state index is -1.19. The molecule has 0 saturated heterocycles. The van der Waals surface area contributed by atoms with Gasteiger partial charge in [-0.15, -0.1) is 0 Å². The number of benzene rings is 1. The fraction of sp³-hybridized carbons (Fsp3) is 0.389. The van der Waals surface area contributed by atoms with E-state index in [2.05, 4.69) is 9.97 Å². The molecule has 8 nitrogen and oxygen atoms in total. The number of nitrogens with zero attached hydrogens (tertiary/aromatic N) is 2. The van der Waals surface area contributed by atoms with Crippen molar-refractivity contribution in [2.24, 2.45) is 0 Å². The Morgan fingerprint density at radius 2 is 2.19 bits per heavy atom. The molecule has 1 aliphatic heterocycles.